The normalized spacial score (nSPS) is 11.7. The third kappa shape index (κ3) is 2.94. The van der Waals surface area contributed by atoms with Crippen LogP contribution >= 0.6 is 0 Å². The van der Waals surface area contributed by atoms with Gasteiger partial charge in [-0.1, -0.05) is 46.4 Å². The van der Waals surface area contributed by atoms with Crippen LogP contribution in [0.15, 0.2) is 12.7 Å². The van der Waals surface area contributed by atoms with Crippen molar-refractivity contribution in [2.45, 2.75) is 38.9 Å². The molecule has 0 heterocycles. The smallest absolute Gasteiger partial charge is 0.127 e. The number of allylic oxidation sites excluding steroid dienone is 1. The molecule has 1 heteroatoms. The van der Waals surface area contributed by atoms with E-state index in [0.29, 0.717) is 5.04 Å². The summed E-state index contributed by atoms with van der Waals surface area (Å²) in [5.41, 5.74) is 3.32. The Kier molecular flexibility index (Phi) is 3.13. The molecule has 0 aliphatic carbocycles. The van der Waals surface area contributed by atoms with Crippen LogP contribution in [0.1, 0.15) is 20.8 Å². The summed E-state index contributed by atoms with van der Waals surface area (Å²) >= 11 is 0. The fraction of sp³-hybridized carbons (Fsp3) is 0.600. The molecule has 11 heavy (non-hydrogen) atoms. The predicted octanol–water partition coefficient (Wildman–Crippen LogP) is 3.22. The van der Waals surface area contributed by atoms with Gasteiger partial charge in [0.1, 0.15) is 8.07 Å². The zero-order chi connectivity index (χ0) is 9.12. The summed E-state index contributed by atoms with van der Waals surface area (Å²) in [6.45, 7) is 15.0. The molecule has 0 aromatic heterocycles. The molecule has 0 nitrogen and oxygen atoms in total. The van der Waals surface area contributed by atoms with Gasteiger partial charge in [0, 0.05) is 0 Å². The van der Waals surface area contributed by atoms with E-state index in [1.807, 2.05) is 0 Å². The van der Waals surface area contributed by atoms with Gasteiger partial charge in [0.05, 0.1) is 0 Å². The van der Waals surface area contributed by atoms with E-state index in [1.54, 1.807) is 6.08 Å². The van der Waals surface area contributed by atoms with Crippen LogP contribution in [-0.2, 0) is 0 Å². The van der Waals surface area contributed by atoms with Gasteiger partial charge in [0.2, 0.25) is 0 Å². The molecule has 0 bridgehead atoms. The Morgan fingerprint density at radius 1 is 1.27 bits per heavy atom. The number of rotatable bonds is 0. The Morgan fingerprint density at radius 3 is 2.00 bits per heavy atom. The summed E-state index contributed by atoms with van der Waals surface area (Å²) in [7, 11) is -1.36. The highest BCUT2D eigenvalue weighted by molar-refractivity contribution is 6.87. The lowest BCUT2D eigenvalue weighted by atomic mass is 10.2. The summed E-state index contributed by atoms with van der Waals surface area (Å²) in [6, 6.07) is 0. The maximum atomic E-state index is 3.59. The third-order valence-electron chi connectivity index (χ3n) is 2.36. The molecule has 0 aliphatic rings. The molecule has 0 saturated heterocycles. The molecule has 0 saturated carbocycles. The van der Waals surface area contributed by atoms with Crippen LogP contribution in [0.5, 0.6) is 0 Å². The van der Waals surface area contributed by atoms with E-state index in [2.05, 4.69) is 51.9 Å². The predicted molar refractivity (Wildman–Crippen MR) is 55.2 cm³/mol. The van der Waals surface area contributed by atoms with Crippen molar-refractivity contribution >= 4 is 8.07 Å². The zero-order valence-electron chi connectivity index (χ0n) is 8.28. The first-order valence-corrected chi connectivity index (χ1v) is 6.95. The molecular formula is C10H18Si. The molecule has 0 N–H and O–H groups in total. The van der Waals surface area contributed by atoms with Crippen LogP contribution in [0.2, 0.25) is 18.1 Å². The molecule has 0 aromatic carbocycles. The quantitative estimate of drug-likeness (QED) is 0.383. The van der Waals surface area contributed by atoms with Gasteiger partial charge in [-0.3, -0.25) is 0 Å². The molecule has 0 rings (SSSR count). The lowest BCUT2D eigenvalue weighted by molar-refractivity contribution is 0.731. The van der Waals surface area contributed by atoms with Crippen molar-refractivity contribution in [2.75, 3.05) is 0 Å². The highest BCUT2D eigenvalue weighted by atomic mass is 28.3. The van der Waals surface area contributed by atoms with Crippen LogP contribution in [0, 0.1) is 11.5 Å². The van der Waals surface area contributed by atoms with Crippen LogP contribution in [0.25, 0.3) is 0 Å². The van der Waals surface area contributed by atoms with Crippen molar-refractivity contribution in [3.8, 4) is 11.5 Å². The first-order chi connectivity index (χ1) is 4.81. The molecule has 0 aliphatic heterocycles. The lowest BCUT2D eigenvalue weighted by Gasteiger charge is -2.31. The molecule has 0 aromatic rings. The summed E-state index contributed by atoms with van der Waals surface area (Å²) in [5, 5.41) is 0.364. The third-order valence-corrected chi connectivity index (χ3v) is 6.88. The first kappa shape index (κ1) is 10.5. The van der Waals surface area contributed by atoms with E-state index in [-0.39, 0.29) is 0 Å². The fourth-order valence-electron chi connectivity index (χ4n) is 0.419. The van der Waals surface area contributed by atoms with Gasteiger partial charge in [0.25, 0.3) is 0 Å². The second-order valence-corrected chi connectivity index (χ2v) is 9.35. The molecule has 62 valence electrons. The van der Waals surface area contributed by atoms with Crippen molar-refractivity contribution in [1.29, 1.82) is 0 Å². The minimum atomic E-state index is -1.36. The average molecular weight is 166 g/mol. The summed E-state index contributed by atoms with van der Waals surface area (Å²) in [5.74, 6) is 2.97. The Balaban J connectivity index is 4.59. The molecule has 0 spiro atoms. The van der Waals surface area contributed by atoms with Crippen LogP contribution in [0.4, 0.5) is 0 Å². The van der Waals surface area contributed by atoms with Crippen LogP contribution in [0.3, 0.4) is 0 Å². The largest absolute Gasteiger partial charge is 0.138 e. The van der Waals surface area contributed by atoms with Crippen LogP contribution in [-0.4, -0.2) is 8.07 Å². The Labute approximate surface area is 71.7 Å². The fourth-order valence-corrected chi connectivity index (χ4v) is 1.26. The Morgan fingerprint density at radius 2 is 1.73 bits per heavy atom. The highest BCUT2D eigenvalue weighted by Gasteiger charge is 2.33. The maximum Gasteiger partial charge on any atom is 0.138 e. The van der Waals surface area contributed by atoms with Gasteiger partial charge in [-0.25, -0.2) is 0 Å². The number of hydrogen-bond acceptors (Lipinski definition) is 0. The van der Waals surface area contributed by atoms with Gasteiger partial charge < -0.3 is 0 Å². The summed E-state index contributed by atoms with van der Waals surface area (Å²) in [6.07, 6.45) is 1.68. The molecule has 0 amide bonds. The maximum absolute atomic E-state index is 3.59. The van der Waals surface area contributed by atoms with Gasteiger partial charge in [-0.15, -0.1) is 5.54 Å². The second kappa shape index (κ2) is 3.28. The van der Waals surface area contributed by atoms with E-state index in [1.165, 1.54) is 0 Å². The van der Waals surface area contributed by atoms with Gasteiger partial charge in [0.15, 0.2) is 0 Å². The van der Waals surface area contributed by atoms with Crippen molar-refractivity contribution in [1.82, 2.24) is 0 Å². The Hall–Kier alpha value is -0.483. The average Bonchev–Trinajstić information content (AvgIpc) is 1.81. The lowest BCUT2D eigenvalue weighted by Crippen LogP contribution is -2.35. The van der Waals surface area contributed by atoms with E-state index in [9.17, 15) is 0 Å². The second-order valence-electron chi connectivity index (χ2n) is 4.35. The Bertz CT molecular complexity index is 195. The van der Waals surface area contributed by atoms with Gasteiger partial charge in [-0.05, 0) is 11.1 Å². The molecule has 0 atom stereocenters. The van der Waals surface area contributed by atoms with Crippen molar-refractivity contribution in [2.24, 2.45) is 0 Å². The van der Waals surface area contributed by atoms with Gasteiger partial charge >= 0.3 is 0 Å². The van der Waals surface area contributed by atoms with Gasteiger partial charge in [-0.2, -0.15) is 0 Å². The monoisotopic (exact) mass is 166 g/mol. The van der Waals surface area contributed by atoms with Crippen molar-refractivity contribution in [3.05, 3.63) is 12.7 Å². The minimum Gasteiger partial charge on any atom is -0.127 e. The topological polar surface area (TPSA) is 0 Å². The molecule has 0 unspecified atom stereocenters. The molecule has 0 radical (unpaired) electrons. The van der Waals surface area contributed by atoms with Crippen LogP contribution < -0.4 is 0 Å². The standard InChI is InChI=1S/C10H18Si/c1-7-8-9-11(5,6)10(2,3)4/h7H,1H2,2-6H3. The van der Waals surface area contributed by atoms with E-state index < -0.39 is 8.07 Å². The highest BCUT2D eigenvalue weighted by Crippen LogP contribution is 2.34. The van der Waals surface area contributed by atoms with Crippen molar-refractivity contribution in [3.63, 3.8) is 0 Å². The minimum absolute atomic E-state index is 0.364. The zero-order valence-corrected chi connectivity index (χ0v) is 9.28. The van der Waals surface area contributed by atoms with E-state index in [4.69, 9.17) is 0 Å². The first-order valence-electron chi connectivity index (χ1n) is 3.95. The van der Waals surface area contributed by atoms with Crippen molar-refractivity contribution < 1.29 is 0 Å². The SMILES string of the molecule is C=CC#C[Si](C)(C)C(C)(C)C. The molecule has 0 fully saturated rings. The molecular weight excluding hydrogens is 148 g/mol. The van der Waals surface area contributed by atoms with E-state index in [0.717, 1.165) is 0 Å². The summed E-state index contributed by atoms with van der Waals surface area (Å²) < 4.78 is 0. The number of hydrogen-bond donors (Lipinski definition) is 0. The van der Waals surface area contributed by atoms with E-state index >= 15 is 0 Å². The summed E-state index contributed by atoms with van der Waals surface area (Å²) in [4.78, 5) is 0.